The molecule has 0 spiro atoms. The van der Waals surface area contributed by atoms with Gasteiger partial charge in [-0.15, -0.1) is 12.4 Å². The van der Waals surface area contributed by atoms with E-state index < -0.39 is 15.6 Å². The molecule has 27 heavy (non-hydrogen) atoms. The molecular formula is C16H18ClN7O2S. The van der Waals surface area contributed by atoms with Gasteiger partial charge < -0.3 is 4.98 Å². The largest absolute Gasteiger partial charge is 0.346 e. The molecule has 0 unspecified atom stereocenters. The lowest BCUT2D eigenvalue weighted by atomic mass is 9.89. The second kappa shape index (κ2) is 6.92. The van der Waals surface area contributed by atoms with Gasteiger partial charge in [0.1, 0.15) is 17.5 Å². The molecule has 0 amide bonds. The highest BCUT2D eigenvalue weighted by Gasteiger charge is 2.49. The number of H-pyrrole nitrogens is 1. The highest BCUT2D eigenvalue weighted by atomic mass is 35.5. The molecule has 1 fully saturated rings. The fourth-order valence-electron chi connectivity index (χ4n) is 3.28. The molecule has 4 heterocycles. The number of aromatic nitrogens is 5. The SMILES string of the molecule is CCS(=O)(=O)N1CC(CC#N)(n2cc(-c3ncnc4[nH]ccc34)cn2)C1.Cl. The predicted molar refractivity (Wildman–Crippen MR) is 102 cm³/mol. The average Bonchev–Trinajstić information content (AvgIpc) is 3.26. The van der Waals surface area contributed by atoms with Crippen LogP contribution in [0.5, 0.6) is 0 Å². The third-order valence-electron chi connectivity index (χ3n) is 4.80. The minimum Gasteiger partial charge on any atom is -0.346 e. The summed E-state index contributed by atoms with van der Waals surface area (Å²) in [6, 6.07) is 4.06. The molecule has 0 radical (unpaired) electrons. The van der Waals surface area contributed by atoms with Crippen molar-refractivity contribution < 1.29 is 8.42 Å². The summed E-state index contributed by atoms with van der Waals surface area (Å²) in [6.45, 7) is 2.12. The maximum absolute atomic E-state index is 12.0. The number of fused-ring (bicyclic) bond motifs is 1. The normalized spacial score (nSPS) is 16.4. The smallest absolute Gasteiger partial charge is 0.213 e. The number of nitrogens with one attached hydrogen (secondary N) is 1. The van der Waals surface area contributed by atoms with E-state index in [0.29, 0.717) is 0 Å². The van der Waals surface area contributed by atoms with E-state index in [1.54, 1.807) is 24.0 Å². The van der Waals surface area contributed by atoms with Gasteiger partial charge >= 0.3 is 0 Å². The standard InChI is InChI=1S/C16H17N7O2S.ClH/c1-2-26(24,25)22-9-16(10-22,4-5-17)23-8-12(7-21-23)14-13-3-6-18-15(13)20-11-19-14;/h3,6-8,11H,2,4,9-10H2,1H3,(H,18,19,20);1H. The van der Waals surface area contributed by atoms with Gasteiger partial charge in [0.05, 0.1) is 30.1 Å². The lowest BCUT2D eigenvalue weighted by Crippen LogP contribution is -2.64. The van der Waals surface area contributed by atoms with Crippen molar-refractivity contribution >= 4 is 33.5 Å². The van der Waals surface area contributed by atoms with Crippen LogP contribution in [0.3, 0.4) is 0 Å². The van der Waals surface area contributed by atoms with Crippen LogP contribution in [-0.2, 0) is 15.6 Å². The van der Waals surface area contributed by atoms with Gasteiger partial charge in [0.2, 0.25) is 10.0 Å². The Labute approximate surface area is 162 Å². The van der Waals surface area contributed by atoms with Gasteiger partial charge in [0, 0.05) is 36.4 Å². The minimum absolute atomic E-state index is 0. The second-order valence-electron chi connectivity index (χ2n) is 6.36. The van der Waals surface area contributed by atoms with Crippen LogP contribution in [0.1, 0.15) is 13.3 Å². The average molecular weight is 408 g/mol. The van der Waals surface area contributed by atoms with E-state index in [0.717, 1.165) is 22.3 Å². The van der Waals surface area contributed by atoms with Crippen molar-refractivity contribution in [2.24, 2.45) is 0 Å². The van der Waals surface area contributed by atoms with Crippen LogP contribution < -0.4 is 0 Å². The van der Waals surface area contributed by atoms with Crippen LogP contribution in [0.2, 0.25) is 0 Å². The van der Waals surface area contributed by atoms with Gasteiger partial charge in [-0.25, -0.2) is 18.4 Å². The highest BCUT2D eigenvalue weighted by molar-refractivity contribution is 7.89. The van der Waals surface area contributed by atoms with Crippen molar-refractivity contribution in [2.75, 3.05) is 18.8 Å². The second-order valence-corrected chi connectivity index (χ2v) is 8.62. The van der Waals surface area contributed by atoms with Crippen molar-refractivity contribution in [1.82, 2.24) is 29.0 Å². The van der Waals surface area contributed by atoms with E-state index >= 15 is 0 Å². The molecule has 1 aliphatic heterocycles. The first-order chi connectivity index (χ1) is 12.5. The van der Waals surface area contributed by atoms with Crippen LogP contribution in [0.4, 0.5) is 0 Å². The molecule has 0 atom stereocenters. The van der Waals surface area contributed by atoms with E-state index in [9.17, 15) is 13.7 Å². The first kappa shape index (κ1) is 19.3. The van der Waals surface area contributed by atoms with Gasteiger partial charge in [-0.05, 0) is 13.0 Å². The van der Waals surface area contributed by atoms with Crippen LogP contribution >= 0.6 is 12.4 Å². The summed E-state index contributed by atoms with van der Waals surface area (Å²) in [6.07, 6.45) is 6.97. The molecule has 9 nitrogen and oxygen atoms in total. The highest BCUT2D eigenvalue weighted by Crippen LogP contribution is 2.35. The van der Waals surface area contributed by atoms with Gasteiger partial charge in [-0.2, -0.15) is 14.7 Å². The number of nitrogens with zero attached hydrogens (tertiary/aromatic N) is 6. The van der Waals surface area contributed by atoms with Gasteiger partial charge in [-0.1, -0.05) is 0 Å². The summed E-state index contributed by atoms with van der Waals surface area (Å²) in [5, 5.41) is 14.5. The molecule has 0 saturated carbocycles. The number of nitriles is 1. The van der Waals surface area contributed by atoms with E-state index in [2.05, 4.69) is 26.1 Å². The minimum atomic E-state index is -3.27. The summed E-state index contributed by atoms with van der Waals surface area (Å²) in [7, 11) is -3.27. The van der Waals surface area contributed by atoms with Crippen LogP contribution in [0, 0.1) is 11.3 Å². The van der Waals surface area contributed by atoms with E-state index in [1.165, 1.54) is 10.6 Å². The monoisotopic (exact) mass is 407 g/mol. The van der Waals surface area contributed by atoms with Crippen molar-refractivity contribution in [3.63, 3.8) is 0 Å². The number of aromatic amines is 1. The Morgan fingerprint density at radius 2 is 2.15 bits per heavy atom. The Balaban J connectivity index is 0.00000210. The molecule has 3 aromatic heterocycles. The third-order valence-corrected chi connectivity index (χ3v) is 6.58. The van der Waals surface area contributed by atoms with Gasteiger partial charge in [0.25, 0.3) is 0 Å². The Morgan fingerprint density at radius 3 is 2.85 bits per heavy atom. The molecule has 1 aliphatic rings. The topological polar surface area (TPSA) is 121 Å². The van der Waals surface area contributed by atoms with E-state index in [4.69, 9.17) is 0 Å². The lowest BCUT2D eigenvalue weighted by Gasteiger charge is -2.47. The molecule has 1 N–H and O–H groups in total. The molecular weight excluding hydrogens is 390 g/mol. The fraction of sp³-hybridized carbons (Fsp3) is 0.375. The number of rotatable bonds is 5. The molecule has 11 heteroatoms. The quantitative estimate of drug-likeness (QED) is 0.684. The summed E-state index contributed by atoms with van der Waals surface area (Å²) in [4.78, 5) is 11.6. The van der Waals surface area contributed by atoms with Gasteiger partial charge in [0.15, 0.2) is 0 Å². The van der Waals surface area contributed by atoms with Crippen molar-refractivity contribution in [1.29, 1.82) is 5.26 Å². The summed E-state index contributed by atoms with van der Waals surface area (Å²) >= 11 is 0. The first-order valence-electron chi connectivity index (χ1n) is 8.17. The molecule has 0 aromatic carbocycles. The molecule has 1 saturated heterocycles. The Hall–Kier alpha value is -2.48. The first-order valence-corrected chi connectivity index (χ1v) is 9.78. The fourth-order valence-corrected chi connectivity index (χ4v) is 4.52. The van der Waals surface area contributed by atoms with Crippen molar-refractivity contribution in [3.05, 3.63) is 31.0 Å². The zero-order valence-corrected chi connectivity index (χ0v) is 16.2. The molecule has 4 rings (SSSR count). The molecule has 0 aliphatic carbocycles. The van der Waals surface area contributed by atoms with E-state index in [-0.39, 0.29) is 37.7 Å². The van der Waals surface area contributed by atoms with Crippen molar-refractivity contribution in [3.8, 4) is 17.3 Å². The number of hydrogen-bond donors (Lipinski definition) is 1. The Morgan fingerprint density at radius 1 is 1.37 bits per heavy atom. The maximum atomic E-state index is 12.0. The molecule has 3 aromatic rings. The Kier molecular flexibility index (Phi) is 4.94. The van der Waals surface area contributed by atoms with E-state index in [1.807, 2.05) is 12.3 Å². The third kappa shape index (κ3) is 3.07. The zero-order chi connectivity index (χ0) is 18.4. The lowest BCUT2D eigenvalue weighted by molar-refractivity contribution is 0.0719. The Bertz CT molecular complexity index is 1110. The summed E-state index contributed by atoms with van der Waals surface area (Å²) in [5.74, 6) is 0.0480. The predicted octanol–water partition coefficient (Wildman–Crippen LogP) is 1.52. The number of halogens is 1. The summed E-state index contributed by atoms with van der Waals surface area (Å²) in [5.41, 5.74) is 1.64. The maximum Gasteiger partial charge on any atom is 0.213 e. The summed E-state index contributed by atoms with van der Waals surface area (Å²) < 4.78 is 27.2. The van der Waals surface area contributed by atoms with Crippen LogP contribution in [0.25, 0.3) is 22.3 Å². The van der Waals surface area contributed by atoms with Crippen molar-refractivity contribution in [2.45, 2.75) is 18.9 Å². The number of sulfonamides is 1. The number of hydrogen-bond acceptors (Lipinski definition) is 6. The molecule has 0 bridgehead atoms. The molecule has 142 valence electrons. The van der Waals surface area contributed by atoms with Crippen LogP contribution in [-0.4, -0.2) is 56.3 Å². The van der Waals surface area contributed by atoms with Crippen LogP contribution in [0.15, 0.2) is 31.0 Å². The van der Waals surface area contributed by atoms with Gasteiger partial charge in [-0.3, -0.25) is 4.68 Å². The zero-order valence-electron chi connectivity index (χ0n) is 14.5.